The Balaban J connectivity index is 1.77. The Bertz CT molecular complexity index is 1360. The number of nitrogens with one attached hydrogen (secondary N) is 1. The van der Waals surface area contributed by atoms with E-state index in [1.807, 2.05) is 0 Å². The van der Waals surface area contributed by atoms with E-state index in [1.54, 1.807) is 19.9 Å². The van der Waals surface area contributed by atoms with E-state index in [2.05, 4.69) is 14.8 Å². The van der Waals surface area contributed by atoms with Crippen LogP contribution < -0.4 is 9.46 Å². The Morgan fingerprint density at radius 2 is 2.06 bits per heavy atom. The SMILES string of the molecule is CCOC(=O)c1nn2c(-c3ccc(OC)c(S(=O)(=O)NC4(CO)CC(F)(F)C4)c3)c(C)nc2s1. The van der Waals surface area contributed by atoms with Crippen LogP contribution in [0, 0.1) is 6.92 Å². The molecule has 1 saturated carbocycles. The minimum Gasteiger partial charge on any atom is -0.495 e. The number of hydrogen-bond acceptors (Lipinski definition) is 9. The quantitative estimate of drug-likeness (QED) is 0.436. The predicted molar refractivity (Wildman–Crippen MR) is 118 cm³/mol. The Morgan fingerprint density at radius 1 is 1.35 bits per heavy atom. The van der Waals surface area contributed by atoms with Crippen LogP contribution in [0.3, 0.4) is 0 Å². The van der Waals surface area contributed by atoms with Crippen molar-refractivity contribution in [1.82, 2.24) is 19.3 Å². The van der Waals surface area contributed by atoms with Crippen LogP contribution in [-0.2, 0) is 14.8 Å². The third kappa shape index (κ3) is 4.26. The zero-order valence-electron chi connectivity index (χ0n) is 18.5. The lowest BCUT2D eigenvalue weighted by Crippen LogP contribution is -2.64. The maximum Gasteiger partial charge on any atom is 0.369 e. The van der Waals surface area contributed by atoms with Crippen molar-refractivity contribution in [2.45, 2.75) is 43.0 Å². The van der Waals surface area contributed by atoms with Gasteiger partial charge < -0.3 is 14.6 Å². The van der Waals surface area contributed by atoms with Gasteiger partial charge in [-0.25, -0.2) is 36.2 Å². The largest absolute Gasteiger partial charge is 0.495 e. The number of hydrogen-bond donors (Lipinski definition) is 2. The lowest BCUT2D eigenvalue weighted by Gasteiger charge is -2.46. The number of aromatic nitrogens is 3. The summed E-state index contributed by atoms with van der Waals surface area (Å²) in [6.45, 7) is 2.78. The number of ether oxygens (including phenoxy) is 2. The fraction of sp³-hybridized carbons (Fsp3) is 0.450. The van der Waals surface area contributed by atoms with Crippen LogP contribution in [0.5, 0.6) is 5.75 Å². The van der Waals surface area contributed by atoms with Crippen molar-refractivity contribution >= 4 is 32.3 Å². The molecule has 0 radical (unpaired) electrons. The van der Waals surface area contributed by atoms with Crippen molar-refractivity contribution in [2.75, 3.05) is 20.3 Å². The molecule has 1 aliphatic rings. The Hall–Kier alpha value is -2.68. The molecule has 2 aromatic heterocycles. The number of benzene rings is 1. The molecular weight excluding hydrogens is 494 g/mol. The number of esters is 1. The van der Waals surface area contributed by atoms with E-state index in [1.165, 1.54) is 23.8 Å². The van der Waals surface area contributed by atoms with Crippen LogP contribution in [0.15, 0.2) is 23.1 Å². The monoisotopic (exact) mass is 516 g/mol. The van der Waals surface area contributed by atoms with E-state index in [9.17, 15) is 27.1 Å². The fourth-order valence-corrected chi connectivity index (χ4v) is 6.41. The molecule has 0 unspecified atom stereocenters. The van der Waals surface area contributed by atoms with Gasteiger partial charge in [0.25, 0.3) is 5.92 Å². The number of aryl methyl sites for hydroxylation is 1. The Morgan fingerprint density at radius 3 is 2.65 bits per heavy atom. The number of rotatable bonds is 8. The maximum absolute atomic E-state index is 13.5. The number of carbonyl (C=O) groups excluding carboxylic acids is 1. The van der Waals surface area contributed by atoms with Gasteiger partial charge in [-0.15, -0.1) is 5.10 Å². The normalized spacial score (nSPS) is 16.9. The summed E-state index contributed by atoms with van der Waals surface area (Å²) < 4.78 is 67.1. The van der Waals surface area contributed by atoms with E-state index in [-0.39, 0.29) is 22.3 Å². The van der Waals surface area contributed by atoms with Gasteiger partial charge in [-0.2, -0.15) is 0 Å². The first-order valence-corrected chi connectivity index (χ1v) is 12.5. The van der Waals surface area contributed by atoms with Crippen LogP contribution in [0.25, 0.3) is 16.2 Å². The van der Waals surface area contributed by atoms with E-state index in [0.29, 0.717) is 21.9 Å². The number of carbonyl (C=O) groups is 1. The number of aliphatic hydroxyl groups is 1. The maximum atomic E-state index is 13.5. The van der Waals surface area contributed by atoms with Crippen molar-refractivity contribution in [3.63, 3.8) is 0 Å². The molecule has 2 heterocycles. The summed E-state index contributed by atoms with van der Waals surface area (Å²) in [5.41, 5.74) is -0.301. The highest BCUT2D eigenvalue weighted by Gasteiger charge is 2.58. The lowest BCUT2D eigenvalue weighted by molar-refractivity contribution is -0.139. The van der Waals surface area contributed by atoms with Gasteiger partial charge in [-0.1, -0.05) is 11.3 Å². The van der Waals surface area contributed by atoms with E-state index >= 15 is 0 Å². The van der Waals surface area contributed by atoms with Crippen molar-refractivity contribution in [3.8, 4) is 17.0 Å². The molecule has 3 aromatic rings. The lowest BCUT2D eigenvalue weighted by atomic mass is 9.75. The van der Waals surface area contributed by atoms with Crippen molar-refractivity contribution < 1.29 is 36.6 Å². The van der Waals surface area contributed by atoms with Crippen molar-refractivity contribution in [1.29, 1.82) is 0 Å². The number of halogens is 2. The van der Waals surface area contributed by atoms with E-state index < -0.39 is 46.9 Å². The molecule has 10 nitrogen and oxygen atoms in total. The predicted octanol–water partition coefficient (Wildman–Crippen LogP) is 2.39. The number of sulfonamides is 1. The van der Waals surface area contributed by atoms with Crippen molar-refractivity contribution in [2.24, 2.45) is 0 Å². The molecule has 34 heavy (non-hydrogen) atoms. The summed E-state index contributed by atoms with van der Waals surface area (Å²) in [5.74, 6) is -3.67. The van der Waals surface area contributed by atoms with Gasteiger partial charge in [0.05, 0.1) is 37.3 Å². The molecule has 0 amide bonds. The van der Waals surface area contributed by atoms with Crippen LogP contribution in [0.2, 0.25) is 0 Å². The number of aliphatic hydroxyl groups excluding tert-OH is 1. The number of alkyl halides is 2. The van der Waals surface area contributed by atoms with Gasteiger partial charge in [0.2, 0.25) is 20.0 Å². The first kappa shape index (κ1) is 24.4. The van der Waals surface area contributed by atoms with Crippen molar-refractivity contribution in [3.05, 3.63) is 28.9 Å². The van der Waals surface area contributed by atoms with Gasteiger partial charge in [0.1, 0.15) is 10.6 Å². The van der Waals surface area contributed by atoms with Gasteiger partial charge in [-0.05, 0) is 32.0 Å². The molecule has 1 aliphatic carbocycles. The first-order chi connectivity index (χ1) is 15.9. The second-order valence-corrected chi connectivity index (χ2v) is 10.6. The average Bonchev–Trinajstić information content (AvgIpc) is 3.28. The topological polar surface area (TPSA) is 132 Å². The molecule has 14 heteroatoms. The number of nitrogens with zero attached hydrogens (tertiary/aromatic N) is 3. The Labute approximate surface area is 197 Å². The third-order valence-corrected chi connectivity index (χ3v) is 7.89. The minimum absolute atomic E-state index is 0.0145. The van der Waals surface area contributed by atoms with Crippen LogP contribution in [0.1, 0.15) is 35.3 Å². The Kier molecular flexibility index (Phi) is 6.12. The molecule has 0 bridgehead atoms. The zero-order valence-corrected chi connectivity index (χ0v) is 20.1. The number of methoxy groups -OCH3 is 1. The van der Waals surface area contributed by atoms with Crippen LogP contribution in [-0.4, -0.2) is 65.9 Å². The average molecular weight is 517 g/mol. The molecule has 0 aliphatic heterocycles. The second kappa shape index (κ2) is 8.52. The number of imidazole rings is 1. The van der Waals surface area contributed by atoms with Gasteiger partial charge in [0, 0.05) is 18.4 Å². The highest BCUT2D eigenvalue weighted by molar-refractivity contribution is 7.89. The summed E-state index contributed by atoms with van der Waals surface area (Å²) in [7, 11) is -3.09. The highest BCUT2D eigenvalue weighted by atomic mass is 32.2. The summed E-state index contributed by atoms with van der Waals surface area (Å²) in [4.78, 5) is 16.6. The summed E-state index contributed by atoms with van der Waals surface area (Å²) in [5, 5.41) is 13.9. The van der Waals surface area contributed by atoms with E-state index in [0.717, 1.165) is 11.3 Å². The summed E-state index contributed by atoms with van der Waals surface area (Å²) in [6, 6.07) is 4.32. The molecule has 1 fully saturated rings. The van der Waals surface area contributed by atoms with Gasteiger partial charge >= 0.3 is 5.97 Å². The van der Waals surface area contributed by atoms with Gasteiger partial charge in [-0.3, -0.25) is 0 Å². The molecule has 4 rings (SSSR count). The zero-order chi connectivity index (χ0) is 24.9. The molecule has 1 aromatic carbocycles. The molecule has 2 N–H and O–H groups in total. The first-order valence-electron chi connectivity index (χ1n) is 10.2. The fourth-order valence-electron chi connectivity index (χ4n) is 3.98. The molecular formula is C20H22F2N4O6S2. The van der Waals surface area contributed by atoms with E-state index in [4.69, 9.17) is 9.47 Å². The molecule has 0 atom stereocenters. The summed E-state index contributed by atoms with van der Waals surface area (Å²) >= 11 is 1.03. The minimum atomic E-state index is -4.37. The second-order valence-electron chi connectivity index (χ2n) is 7.99. The summed E-state index contributed by atoms with van der Waals surface area (Å²) in [6.07, 6.45) is -1.62. The standard InChI is InChI=1S/C20H22F2N4O6S2/c1-4-32-17(28)16-24-26-15(11(2)23-18(26)33-16)12-5-6-13(31-3)14(7-12)34(29,30)25-19(10-27)8-20(21,22)9-19/h5-7,25,27H,4,8-10H2,1-3H3. The third-order valence-electron chi connectivity index (χ3n) is 5.40. The van der Waals surface area contributed by atoms with Crippen LogP contribution in [0.4, 0.5) is 8.78 Å². The molecule has 0 spiro atoms. The van der Waals surface area contributed by atoms with Gasteiger partial charge in [0.15, 0.2) is 0 Å². The number of fused-ring (bicyclic) bond motifs is 1. The smallest absolute Gasteiger partial charge is 0.369 e. The molecule has 0 saturated heterocycles. The molecule has 184 valence electrons. The highest BCUT2D eigenvalue weighted by Crippen LogP contribution is 2.46. The van der Waals surface area contributed by atoms with Crippen LogP contribution >= 0.6 is 11.3 Å².